The van der Waals surface area contributed by atoms with Gasteiger partial charge in [0, 0.05) is 38.5 Å². The molecule has 0 aliphatic carbocycles. The van der Waals surface area contributed by atoms with E-state index in [4.69, 9.17) is 4.98 Å². The van der Waals surface area contributed by atoms with Crippen LogP contribution in [-0.2, 0) is 0 Å². The SMILES string of the molecule is Brc1cc(N(c2ccccc2)c2ccc(-c3cccc4ccccc34)cc2)cc(N(c2ccccc2)c2ccc(-c3cccc4ccccc34)nc2)c1. The molecule has 0 spiro atoms. The Hall–Kier alpha value is -6.49. The van der Waals surface area contributed by atoms with Gasteiger partial charge in [0.25, 0.3) is 0 Å². The monoisotopic (exact) mass is 743 g/mol. The Morgan fingerprint density at radius 1 is 0.358 bits per heavy atom. The van der Waals surface area contributed by atoms with Crippen LogP contribution in [0.5, 0.6) is 0 Å². The maximum atomic E-state index is 5.03. The number of halogens is 1. The van der Waals surface area contributed by atoms with Crippen LogP contribution in [0.25, 0.3) is 43.9 Å². The second-order valence-corrected chi connectivity index (χ2v) is 13.9. The van der Waals surface area contributed by atoms with E-state index in [1.54, 1.807) is 0 Å². The maximum absolute atomic E-state index is 5.03. The van der Waals surface area contributed by atoms with E-state index in [0.29, 0.717) is 0 Å². The van der Waals surface area contributed by atoms with Crippen LogP contribution in [0.3, 0.4) is 0 Å². The third-order valence-electron chi connectivity index (χ3n) is 9.71. The number of hydrogen-bond donors (Lipinski definition) is 0. The van der Waals surface area contributed by atoms with Crippen molar-refractivity contribution in [1.82, 2.24) is 4.98 Å². The van der Waals surface area contributed by atoms with Gasteiger partial charge in [-0.15, -0.1) is 0 Å². The van der Waals surface area contributed by atoms with Crippen molar-refractivity contribution in [3.8, 4) is 22.4 Å². The van der Waals surface area contributed by atoms with Gasteiger partial charge in [-0.2, -0.15) is 0 Å². The van der Waals surface area contributed by atoms with Crippen LogP contribution in [0.15, 0.2) is 211 Å². The summed E-state index contributed by atoms with van der Waals surface area (Å²) in [5, 5.41) is 4.88. The highest BCUT2D eigenvalue weighted by Crippen LogP contribution is 2.43. The maximum Gasteiger partial charge on any atom is 0.0709 e. The minimum Gasteiger partial charge on any atom is -0.310 e. The molecule has 0 saturated heterocycles. The second kappa shape index (κ2) is 14.3. The number of fused-ring (bicyclic) bond motifs is 2. The lowest BCUT2D eigenvalue weighted by Crippen LogP contribution is -2.13. The predicted octanol–water partition coefficient (Wildman–Crippen LogP) is 14.4. The fraction of sp³-hybridized carbons (Fsp3) is 0. The highest BCUT2D eigenvalue weighted by molar-refractivity contribution is 9.10. The van der Waals surface area contributed by atoms with Crippen LogP contribution in [-0.4, -0.2) is 4.98 Å². The molecular formula is C49H34BrN3. The topological polar surface area (TPSA) is 19.4 Å². The van der Waals surface area contributed by atoms with Crippen LogP contribution in [0.4, 0.5) is 34.1 Å². The van der Waals surface area contributed by atoms with Crippen LogP contribution >= 0.6 is 15.9 Å². The summed E-state index contributed by atoms with van der Waals surface area (Å²) in [6, 6.07) is 70.7. The van der Waals surface area contributed by atoms with Crippen molar-refractivity contribution < 1.29 is 0 Å². The lowest BCUT2D eigenvalue weighted by atomic mass is 9.98. The largest absolute Gasteiger partial charge is 0.310 e. The lowest BCUT2D eigenvalue weighted by molar-refractivity contribution is 1.22. The summed E-state index contributed by atoms with van der Waals surface area (Å²) in [5.41, 5.74) is 10.7. The number of hydrogen-bond acceptors (Lipinski definition) is 3. The molecule has 0 saturated carbocycles. The zero-order valence-electron chi connectivity index (χ0n) is 28.8. The van der Waals surface area contributed by atoms with Crippen molar-refractivity contribution in [2.24, 2.45) is 0 Å². The number of pyridine rings is 1. The van der Waals surface area contributed by atoms with E-state index in [1.807, 2.05) is 6.20 Å². The van der Waals surface area contributed by atoms with Gasteiger partial charge in [0.2, 0.25) is 0 Å². The van der Waals surface area contributed by atoms with Crippen molar-refractivity contribution in [3.63, 3.8) is 0 Å². The van der Waals surface area contributed by atoms with Crippen molar-refractivity contribution in [2.45, 2.75) is 0 Å². The van der Waals surface area contributed by atoms with Crippen molar-refractivity contribution in [3.05, 3.63) is 211 Å². The van der Waals surface area contributed by atoms with Crippen LogP contribution < -0.4 is 9.80 Å². The fourth-order valence-corrected chi connectivity index (χ4v) is 7.73. The van der Waals surface area contributed by atoms with E-state index >= 15 is 0 Å². The molecule has 9 aromatic rings. The first-order valence-electron chi connectivity index (χ1n) is 17.7. The zero-order valence-corrected chi connectivity index (χ0v) is 30.4. The average Bonchev–Trinajstić information content (AvgIpc) is 3.22. The Morgan fingerprint density at radius 2 is 0.830 bits per heavy atom. The van der Waals surface area contributed by atoms with Gasteiger partial charge in [-0.3, -0.25) is 4.98 Å². The Bertz CT molecular complexity index is 2480. The highest BCUT2D eigenvalue weighted by Gasteiger charge is 2.19. The smallest absolute Gasteiger partial charge is 0.0709 e. The van der Waals surface area contributed by atoms with E-state index in [-0.39, 0.29) is 0 Å². The molecule has 53 heavy (non-hydrogen) atoms. The molecule has 0 radical (unpaired) electrons. The molecule has 1 heterocycles. The quantitative estimate of drug-likeness (QED) is 0.154. The van der Waals surface area contributed by atoms with Gasteiger partial charge in [-0.1, -0.05) is 149 Å². The minimum atomic E-state index is 0.940. The molecular weight excluding hydrogens is 710 g/mol. The normalized spacial score (nSPS) is 11.1. The summed E-state index contributed by atoms with van der Waals surface area (Å²) in [6.45, 7) is 0. The number of anilines is 6. The van der Waals surface area contributed by atoms with Crippen molar-refractivity contribution in [2.75, 3.05) is 9.80 Å². The van der Waals surface area contributed by atoms with Crippen molar-refractivity contribution in [1.29, 1.82) is 0 Å². The molecule has 0 aliphatic heterocycles. The van der Waals surface area contributed by atoms with Crippen LogP contribution in [0.1, 0.15) is 0 Å². The van der Waals surface area contributed by atoms with Crippen LogP contribution in [0.2, 0.25) is 0 Å². The second-order valence-electron chi connectivity index (χ2n) is 13.0. The van der Waals surface area contributed by atoms with Gasteiger partial charge < -0.3 is 9.80 Å². The molecule has 1 aromatic heterocycles. The van der Waals surface area contributed by atoms with Crippen LogP contribution in [0, 0.1) is 0 Å². The van der Waals surface area contributed by atoms with Crippen molar-refractivity contribution >= 4 is 71.6 Å². The lowest BCUT2D eigenvalue weighted by Gasteiger charge is -2.29. The average molecular weight is 745 g/mol. The molecule has 0 bridgehead atoms. The molecule has 0 N–H and O–H groups in total. The molecule has 9 rings (SSSR count). The summed E-state index contributed by atoms with van der Waals surface area (Å²) in [4.78, 5) is 9.61. The molecule has 0 fully saturated rings. The summed E-state index contributed by atoms with van der Waals surface area (Å²) < 4.78 is 0.972. The molecule has 0 unspecified atom stereocenters. The number of aromatic nitrogens is 1. The van der Waals surface area contributed by atoms with Gasteiger partial charge in [-0.05, 0) is 99.4 Å². The zero-order chi connectivity index (χ0) is 35.6. The summed E-state index contributed by atoms with van der Waals surface area (Å²) in [5.74, 6) is 0. The Balaban J connectivity index is 1.14. The molecule has 252 valence electrons. The van der Waals surface area contributed by atoms with Gasteiger partial charge in [0.05, 0.1) is 17.6 Å². The van der Waals surface area contributed by atoms with E-state index in [1.165, 1.54) is 32.7 Å². The van der Waals surface area contributed by atoms with E-state index < -0.39 is 0 Å². The molecule has 4 heteroatoms. The number of nitrogens with zero attached hydrogens (tertiary/aromatic N) is 3. The molecule has 0 aliphatic rings. The third kappa shape index (κ3) is 6.46. The van der Waals surface area contributed by atoms with E-state index in [9.17, 15) is 0 Å². The van der Waals surface area contributed by atoms with E-state index in [2.05, 4.69) is 226 Å². The number of rotatable bonds is 8. The summed E-state index contributed by atoms with van der Waals surface area (Å²) >= 11 is 3.90. The molecule has 8 aromatic carbocycles. The third-order valence-corrected chi connectivity index (χ3v) is 10.2. The van der Waals surface area contributed by atoms with Gasteiger partial charge in [0.15, 0.2) is 0 Å². The summed E-state index contributed by atoms with van der Waals surface area (Å²) in [7, 11) is 0. The first-order chi connectivity index (χ1) is 26.2. The number of para-hydroxylation sites is 2. The van der Waals surface area contributed by atoms with E-state index in [0.717, 1.165) is 49.9 Å². The Labute approximate surface area is 318 Å². The number of benzene rings is 8. The molecule has 0 atom stereocenters. The highest BCUT2D eigenvalue weighted by atomic mass is 79.9. The first-order valence-corrected chi connectivity index (χ1v) is 18.5. The Morgan fingerprint density at radius 3 is 1.42 bits per heavy atom. The standard InChI is InChI=1S/C49H34BrN3/c50-38-31-43(52(39-17-3-1-4-18-39)41-27-25-37(26-28-41)46-23-11-15-35-13-7-9-21-45(35)46)33-44(32-38)53(40-19-5-2-6-20-40)42-29-30-49(51-34-42)48-24-12-16-36-14-8-10-22-47(36)48/h1-34H. The van der Waals surface area contributed by atoms with Gasteiger partial charge in [0.1, 0.15) is 0 Å². The predicted molar refractivity (Wildman–Crippen MR) is 227 cm³/mol. The van der Waals surface area contributed by atoms with Gasteiger partial charge in [-0.25, -0.2) is 0 Å². The Kier molecular flexibility index (Phi) is 8.72. The first kappa shape index (κ1) is 32.4. The minimum absolute atomic E-state index is 0.940. The fourth-order valence-electron chi connectivity index (χ4n) is 7.26. The molecule has 0 amide bonds. The summed E-state index contributed by atoms with van der Waals surface area (Å²) in [6.07, 6.45) is 1.98. The molecule has 3 nitrogen and oxygen atoms in total. The van der Waals surface area contributed by atoms with Gasteiger partial charge >= 0.3 is 0 Å².